The van der Waals surface area contributed by atoms with Crippen molar-refractivity contribution in [2.45, 2.75) is 19.8 Å². The average Bonchev–Trinajstić information content (AvgIpc) is 3.22. The molecule has 0 bridgehead atoms. The molecular weight excluding hydrogens is 476 g/mol. The van der Waals surface area contributed by atoms with Crippen LogP contribution in [0.15, 0.2) is 125 Å². The van der Waals surface area contributed by atoms with Gasteiger partial charge in [-0.05, 0) is 29.3 Å². The molecule has 0 radical (unpaired) electrons. The number of carbonyl (C=O) groups is 1. The zero-order chi connectivity index (χ0) is 26.2. The molecule has 0 unspecified atom stereocenters. The Morgan fingerprint density at radius 1 is 0.763 bits per heavy atom. The molecule has 0 aliphatic rings. The van der Waals surface area contributed by atoms with E-state index in [-0.39, 0.29) is 18.2 Å². The Bertz CT molecular complexity index is 1480. The lowest BCUT2D eigenvalue weighted by atomic mass is 10.2. The number of benzene rings is 4. The summed E-state index contributed by atoms with van der Waals surface area (Å²) in [5.74, 6) is -0.00913. The molecule has 1 heterocycles. The quantitative estimate of drug-likeness (QED) is 0.215. The second-order valence-electron chi connectivity index (χ2n) is 8.91. The van der Waals surface area contributed by atoms with Crippen molar-refractivity contribution >= 4 is 22.5 Å². The van der Waals surface area contributed by atoms with Crippen LogP contribution in [-0.2, 0) is 24.6 Å². The molecular formula is C31H28N4O3. The van der Waals surface area contributed by atoms with Gasteiger partial charge < -0.3 is 9.84 Å². The molecule has 4 aromatic carbocycles. The normalized spacial score (nSPS) is 11.4. The number of aromatic nitrogens is 1. The standard InChI is InChI=1S/C31H28N4O3/c36-29(22-38-26-16-8-3-9-17-26)32-33-30-27-18-10-11-19-28(27)35(31(30)37)23-34(20-24-12-4-1-5-13-24)21-25-14-6-2-7-15-25/h1-19,37H,20-23H2. The lowest BCUT2D eigenvalue weighted by Gasteiger charge is -2.24. The zero-order valence-electron chi connectivity index (χ0n) is 20.9. The summed E-state index contributed by atoms with van der Waals surface area (Å²) in [4.78, 5) is 14.6. The second kappa shape index (κ2) is 12.0. The molecule has 5 aromatic rings. The third kappa shape index (κ3) is 6.14. The predicted molar refractivity (Wildman–Crippen MR) is 147 cm³/mol. The molecule has 38 heavy (non-hydrogen) atoms. The minimum Gasteiger partial charge on any atom is -0.493 e. The molecule has 1 aromatic heterocycles. The SMILES string of the molecule is O=C(COc1ccccc1)N=Nc1c(O)n(CN(Cc2ccccc2)Cc2ccccc2)c2ccccc12. The first-order chi connectivity index (χ1) is 18.7. The Kier molecular flexibility index (Phi) is 7.86. The van der Waals surface area contributed by atoms with E-state index in [0.29, 0.717) is 30.9 Å². The predicted octanol–water partition coefficient (Wildman–Crippen LogP) is 6.70. The number of azo groups is 1. The van der Waals surface area contributed by atoms with Crippen molar-refractivity contribution in [2.75, 3.05) is 6.61 Å². The number of hydrogen-bond donors (Lipinski definition) is 1. The van der Waals surface area contributed by atoms with Gasteiger partial charge in [-0.25, -0.2) is 0 Å². The van der Waals surface area contributed by atoms with E-state index in [1.165, 1.54) is 11.1 Å². The Hall–Kier alpha value is -4.75. The minimum absolute atomic E-state index is 0.0437. The summed E-state index contributed by atoms with van der Waals surface area (Å²) in [5, 5.41) is 19.9. The third-order valence-electron chi connectivity index (χ3n) is 6.12. The van der Waals surface area contributed by atoms with Crippen LogP contribution in [0, 0.1) is 0 Å². The maximum Gasteiger partial charge on any atom is 0.302 e. The van der Waals surface area contributed by atoms with Gasteiger partial charge in [0.25, 0.3) is 0 Å². The fraction of sp³-hybridized carbons (Fsp3) is 0.129. The number of carbonyl (C=O) groups excluding carboxylic acids is 1. The molecule has 0 saturated heterocycles. The van der Waals surface area contributed by atoms with Crippen LogP contribution in [0.25, 0.3) is 10.9 Å². The van der Waals surface area contributed by atoms with E-state index in [1.54, 1.807) is 16.7 Å². The molecule has 190 valence electrons. The van der Waals surface area contributed by atoms with Crippen molar-refractivity contribution < 1.29 is 14.6 Å². The van der Waals surface area contributed by atoms with Crippen molar-refractivity contribution in [1.82, 2.24) is 9.47 Å². The molecule has 0 saturated carbocycles. The Balaban J connectivity index is 1.40. The minimum atomic E-state index is -0.542. The van der Waals surface area contributed by atoms with Gasteiger partial charge in [-0.3, -0.25) is 14.3 Å². The number of ether oxygens (including phenoxy) is 1. The molecule has 7 heteroatoms. The largest absolute Gasteiger partial charge is 0.493 e. The van der Waals surface area contributed by atoms with Crippen LogP contribution in [0.3, 0.4) is 0 Å². The lowest BCUT2D eigenvalue weighted by Crippen LogP contribution is -2.25. The Morgan fingerprint density at radius 3 is 1.95 bits per heavy atom. The highest BCUT2D eigenvalue weighted by atomic mass is 16.5. The van der Waals surface area contributed by atoms with Gasteiger partial charge in [0, 0.05) is 18.5 Å². The summed E-state index contributed by atoms with van der Waals surface area (Å²) < 4.78 is 7.27. The Morgan fingerprint density at radius 2 is 1.32 bits per heavy atom. The van der Waals surface area contributed by atoms with Crippen LogP contribution in [-0.4, -0.2) is 27.1 Å². The maximum absolute atomic E-state index is 12.3. The molecule has 1 amide bonds. The first kappa shape index (κ1) is 24.9. The third-order valence-corrected chi connectivity index (χ3v) is 6.12. The lowest BCUT2D eigenvalue weighted by molar-refractivity contribution is -0.120. The fourth-order valence-corrected chi connectivity index (χ4v) is 4.35. The van der Waals surface area contributed by atoms with Crippen LogP contribution in [0.4, 0.5) is 5.69 Å². The van der Waals surface area contributed by atoms with E-state index in [1.807, 2.05) is 78.9 Å². The highest BCUT2D eigenvalue weighted by molar-refractivity contribution is 5.95. The molecule has 0 aliphatic heterocycles. The van der Waals surface area contributed by atoms with Gasteiger partial charge in [-0.15, -0.1) is 10.2 Å². The Labute approximate surface area is 221 Å². The molecule has 1 N–H and O–H groups in total. The number of aromatic hydroxyl groups is 1. The topological polar surface area (TPSA) is 79.4 Å². The second-order valence-corrected chi connectivity index (χ2v) is 8.91. The molecule has 0 fully saturated rings. The highest BCUT2D eigenvalue weighted by Crippen LogP contribution is 2.39. The number of rotatable bonds is 10. The van der Waals surface area contributed by atoms with Gasteiger partial charge in [0.05, 0.1) is 12.2 Å². The van der Waals surface area contributed by atoms with E-state index in [0.717, 1.165) is 5.52 Å². The zero-order valence-corrected chi connectivity index (χ0v) is 20.9. The summed E-state index contributed by atoms with van der Waals surface area (Å²) in [7, 11) is 0. The van der Waals surface area contributed by atoms with Crippen LogP contribution in [0.1, 0.15) is 11.1 Å². The highest BCUT2D eigenvalue weighted by Gasteiger charge is 2.19. The molecule has 0 aliphatic carbocycles. The van der Waals surface area contributed by atoms with Crippen molar-refractivity contribution in [3.8, 4) is 11.6 Å². The van der Waals surface area contributed by atoms with E-state index in [2.05, 4.69) is 39.4 Å². The fourth-order valence-electron chi connectivity index (χ4n) is 4.35. The van der Waals surface area contributed by atoms with Gasteiger partial charge in [0.2, 0.25) is 5.88 Å². The smallest absolute Gasteiger partial charge is 0.302 e. The van der Waals surface area contributed by atoms with Crippen molar-refractivity contribution in [2.24, 2.45) is 10.2 Å². The average molecular weight is 505 g/mol. The number of amides is 1. The molecule has 5 rings (SSSR count). The van der Waals surface area contributed by atoms with Crippen LogP contribution < -0.4 is 4.74 Å². The van der Waals surface area contributed by atoms with E-state index < -0.39 is 5.91 Å². The van der Waals surface area contributed by atoms with Crippen LogP contribution in [0.2, 0.25) is 0 Å². The van der Waals surface area contributed by atoms with E-state index in [9.17, 15) is 9.90 Å². The van der Waals surface area contributed by atoms with Crippen molar-refractivity contribution in [1.29, 1.82) is 0 Å². The summed E-state index contributed by atoms with van der Waals surface area (Å²) in [6.45, 7) is 1.55. The van der Waals surface area contributed by atoms with Crippen LogP contribution in [0.5, 0.6) is 11.6 Å². The first-order valence-electron chi connectivity index (χ1n) is 12.4. The van der Waals surface area contributed by atoms with Crippen molar-refractivity contribution in [3.63, 3.8) is 0 Å². The van der Waals surface area contributed by atoms with E-state index >= 15 is 0 Å². The van der Waals surface area contributed by atoms with Gasteiger partial charge in [-0.1, -0.05) is 97.1 Å². The number of nitrogens with zero attached hydrogens (tertiary/aromatic N) is 4. The summed E-state index contributed by atoms with van der Waals surface area (Å²) >= 11 is 0. The van der Waals surface area contributed by atoms with Gasteiger partial charge in [0.15, 0.2) is 12.3 Å². The first-order valence-corrected chi connectivity index (χ1v) is 12.4. The van der Waals surface area contributed by atoms with Gasteiger partial charge >= 0.3 is 5.91 Å². The number of para-hydroxylation sites is 2. The molecule has 0 atom stereocenters. The summed E-state index contributed by atoms with van der Waals surface area (Å²) in [6.07, 6.45) is 0. The molecule has 7 nitrogen and oxygen atoms in total. The van der Waals surface area contributed by atoms with Crippen LogP contribution >= 0.6 is 0 Å². The van der Waals surface area contributed by atoms with Gasteiger partial charge in [0.1, 0.15) is 5.75 Å². The monoisotopic (exact) mass is 504 g/mol. The van der Waals surface area contributed by atoms with Crippen molar-refractivity contribution in [3.05, 3.63) is 126 Å². The number of hydrogen-bond acceptors (Lipinski definition) is 5. The maximum atomic E-state index is 12.3. The number of fused-ring (bicyclic) bond motifs is 1. The summed E-state index contributed by atoms with van der Waals surface area (Å²) in [6, 6.07) is 37.1. The van der Waals surface area contributed by atoms with E-state index in [4.69, 9.17) is 4.74 Å². The van der Waals surface area contributed by atoms with Gasteiger partial charge in [-0.2, -0.15) is 0 Å². The summed E-state index contributed by atoms with van der Waals surface area (Å²) in [5.41, 5.74) is 3.40. The molecule has 0 spiro atoms.